The van der Waals surface area contributed by atoms with Crippen LogP contribution in [0.15, 0.2) is 47.3 Å². The summed E-state index contributed by atoms with van der Waals surface area (Å²) >= 11 is 1.75. The summed E-state index contributed by atoms with van der Waals surface area (Å²) in [7, 11) is 0. The fraction of sp³-hybridized carbons (Fsp3) is 0.294. The van der Waals surface area contributed by atoms with E-state index in [4.69, 9.17) is 5.73 Å². The summed E-state index contributed by atoms with van der Waals surface area (Å²) in [4.78, 5) is 0. The highest BCUT2D eigenvalue weighted by molar-refractivity contribution is 7.07. The van der Waals surface area contributed by atoms with Gasteiger partial charge in [0.2, 0.25) is 0 Å². The van der Waals surface area contributed by atoms with Crippen LogP contribution in [0.3, 0.4) is 0 Å². The summed E-state index contributed by atoms with van der Waals surface area (Å²) in [6.45, 7) is 3.08. The molecule has 3 rings (SSSR count). The van der Waals surface area contributed by atoms with E-state index in [9.17, 15) is 0 Å². The van der Waals surface area contributed by atoms with Gasteiger partial charge in [-0.3, -0.25) is 0 Å². The van der Waals surface area contributed by atoms with Crippen LogP contribution in [0.25, 0.3) is 10.9 Å². The lowest BCUT2D eigenvalue weighted by Gasteiger charge is -2.13. The summed E-state index contributed by atoms with van der Waals surface area (Å²) in [5.74, 6) is 0. The highest BCUT2D eigenvalue weighted by Gasteiger charge is 2.10. The third kappa shape index (κ3) is 2.65. The monoisotopic (exact) mass is 284 g/mol. The molecule has 2 nitrogen and oxygen atoms in total. The molecule has 20 heavy (non-hydrogen) atoms. The third-order valence-corrected chi connectivity index (χ3v) is 4.54. The van der Waals surface area contributed by atoms with Gasteiger partial charge >= 0.3 is 0 Å². The van der Waals surface area contributed by atoms with E-state index in [1.54, 1.807) is 11.3 Å². The molecule has 0 fully saturated rings. The molecule has 0 saturated carbocycles. The van der Waals surface area contributed by atoms with Crippen molar-refractivity contribution < 1.29 is 0 Å². The molecule has 3 aromatic rings. The summed E-state index contributed by atoms with van der Waals surface area (Å²) in [5.41, 5.74) is 10.2. The van der Waals surface area contributed by atoms with Gasteiger partial charge in [0.1, 0.15) is 0 Å². The average Bonchev–Trinajstić information content (AvgIpc) is 3.10. The Morgan fingerprint density at radius 2 is 2.15 bits per heavy atom. The molecule has 2 aromatic heterocycles. The summed E-state index contributed by atoms with van der Waals surface area (Å²) < 4.78 is 2.34. The van der Waals surface area contributed by atoms with Crippen LogP contribution in [0.1, 0.15) is 24.5 Å². The molecule has 0 aliphatic heterocycles. The Kier molecular flexibility index (Phi) is 3.90. The maximum absolute atomic E-state index is 6.14. The SMILES string of the molecule is CCC(N)Cc1cccc2ccn(Cc3ccsc3)c12. The van der Waals surface area contributed by atoms with E-state index < -0.39 is 0 Å². The first kappa shape index (κ1) is 13.4. The Balaban J connectivity index is 2.00. The lowest BCUT2D eigenvalue weighted by Crippen LogP contribution is -2.21. The summed E-state index contributed by atoms with van der Waals surface area (Å²) in [5, 5.41) is 5.65. The molecule has 0 bridgehead atoms. The number of nitrogens with zero attached hydrogens (tertiary/aromatic N) is 1. The predicted octanol–water partition coefficient (Wildman–Crippen LogP) is 4.03. The van der Waals surface area contributed by atoms with Gasteiger partial charge in [0.25, 0.3) is 0 Å². The van der Waals surface area contributed by atoms with Crippen molar-refractivity contribution in [1.29, 1.82) is 0 Å². The smallest absolute Gasteiger partial charge is 0.0516 e. The van der Waals surface area contributed by atoms with Crippen LogP contribution in [0.5, 0.6) is 0 Å². The van der Waals surface area contributed by atoms with Crippen molar-refractivity contribution in [2.24, 2.45) is 5.73 Å². The number of hydrogen-bond donors (Lipinski definition) is 1. The first-order valence-corrected chi connectivity index (χ1v) is 8.05. The van der Waals surface area contributed by atoms with E-state index >= 15 is 0 Å². The van der Waals surface area contributed by atoms with Gasteiger partial charge in [0.15, 0.2) is 0 Å². The third-order valence-electron chi connectivity index (χ3n) is 3.81. The molecule has 0 aliphatic rings. The van der Waals surface area contributed by atoms with Crippen LogP contribution in [0.4, 0.5) is 0 Å². The Morgan fingerprint density at radius 1 is 1.25 bits per heavy atom. The van der Waals surface area contributed by atoms with Gasteiger partial charge in [-0.05, 0) is 52.2 Å². The van der Waals surface area contributed by atoms with Gasteiger partial charge < -0.3 is 10.3 Å². The molecular formula is C17H20N2S. The predicted molar refractivity (Wildman–Crippen MR) is 87.3 cm³/mol. The largest absolute Gasteiger partial charge is 0.343 e. The van der Waals surface area contributed by atoms with Gasteiger partial charge in [-0.1, -0.05) is 25.1 Å². The second-order valence-corrected chi connectivity index (χ2v) is 6.08. The van der Waals surface area contributed by atoms with Gasteiger partial charge in [0.05, 0.1) is 5.52 Å². The van der Waals surface area contributed by atoms with Gasteiger partial charge in [-0.15, -0.1) is 0 Å². The van der Waals surface area contributed by atoms with Crippen LogP contribution in [-0.2, 0) is 13.0 Å². The van der Waals surface area contributed by atoms with Crippen molar-refractivity contribution in [2.75, 3.05) is 0 Å². The number of nitrogens with two attached hydrogens (primary N) is 1. The van der Waals surface area contributed by atoms with Crippen LogP contribution >= 0.6 is 11.3 Å². The van der Waals surface area contributed by atoms with Gasteiger partial charge in [-0.2, -0.15) is 11.3 Å². The lowest BCUT2D eigenvalue weighted by molar-refractivity contribution is 0.646. The zero-order valence-electron chi connectivity index (χ0n) is 11.8. The van der Waals surface area contributed by atoms with E-state index in [0.717, 1.165) is 19.4 Å². The number of thiophene rings is 1. The average molecular weight is 284 g/mol. The van der Waals surface area contributed by atoms with E-state index in [2.05, 4.69) is 58.8 Å². The minimum Gasteiger partial charge on any atom is -0.343 e. The van der Waals surface area contributed by atoms with Crippen molar-refractivity contribution in [3.8, 4) is 0 Å². The fourth-order valence-electron chi connectivity index (χ4n) is 2.64. The van der Waals surface area contributed by atoms with Crippen LogP contribution < -0.4 is 5.73 Å². The topological polar surface area (TPSA) is 30.9 Å². The standard InChI is InChI=1S/C17H20N2S/c1-2-16(18)10-15-5-3-4-14-6-8-19(17(14)15)11-13-7-9-20-12-13/h3-9,12,16H,2,10-11,18H2,1H3. The maximum Gasteiger partial charge on any atom is 0.0516 e. The highest BCUT2D eigenvalue weighted by atomic mass is 32.1. The zero-order chi connectivity index (χ0) is 13.9. The van der Waals surface area contributed by atoms with E-state index in [1.165, 1.54) is 22.0 Å². The molecule has 0 saturated heterocycles. The lowest BCUT2D eigenvalue weighted by atomic mass is 10.0. The molecule has 0 spiro atoms. The van der Waals surface area contributed by atoms with Crippen molar-refractivity contribution in [3.63, 3.8) is 0 Å². The van der Waals surface area contributed by atoms with Gasteiger partial charge in [0, 0.05) is 18.8 Å². The van der Waals surface area contributed by atoms with Crippen molar-refractivity contribution in [3.05, 3.63) is 58.4 Å². The second-order valence-electron chi connectivity index (χ2n) is 5.30. The molecule has 0 aliphatic carbocycles. The number of para-hydroxylation sites is 1. The zero-order valence-corrected chi connectivity index (χ0v) is 12.6. The molecule has 1 atom stereocenters. The molecule has 1 aromatic carbocycles. The number of benzene rings is 1. The number of hydrogen-bond acceptors (Lipinski definition) is 2. The number of fused-ring (bicyclic) bond motifs is 1. The molecule has 0 amide bonds. The fourth-order valence-corrected chi connectivity index (χ4v) is 3.30. The number of rotatable bonds is 5. The Hall–Kier alpha value is -1.58. The molecule has 3 heteroatoms. The van der Waals surface area contributed by atoms with Crippen molar-refractivity contribution in [1.82, 2.24) is 4.57 Å². The quantitative estimate of drug-likeness (QED) is 0.753. The first-order chi connectivity index (χ1) is 9.78. The molecule has 2 N–H and O–H groups in total. The van der Waals surface area contributed by atoms with Crippen LogP contribution in [0, 0.1) is 0 Å². The highest BCUT2D eigenvalue weighted by Crippen LogP contribution is 2.23. The molecule has 0 radical (unpaired) electrons. The molecule has 104 valence electrons. The van der Waals surface area contributed by atoms with Crippen LogP contribution in [0.2, 0.25) is 0 Å². The minimum atomic E-state index is 0.241. The van der Waals surface area contributed by atoms with E-state index in [-0.39, 0.29) is 6.04 Å². The van der Waals surface area contributed by atoms with Crippen molar-refractivity contribution in [2.45, 2.75) is 32.4 Å². The minimum absolute atomic E-state index is 0.241. The Bertz CT molecular complexity index is 682. The van der Waals surface area contributed by atoms with E-state index in [0.29, 0.717) is 0 Å². The Morgan fingerprint density at radius 3 is 2.90 bits per heavy atom. The molecular weight excluding hydrogens is 264 g/mol. The summed E-state index contributed by atoms with van der Waals surface area (Å²) in [6, 6.07) is 11.2. The Labute approximate surface area is 123 Å². The van der Waals surface area contributed by atoms with Crippen molar-refractivity contribution >= 4 is 22.2 Å². The second kappa shape index (κ2) is 5.81. The summed E-state index contributed by atoms with van der Waals surface area (Å²) in [6.07, 6.45) is 4.15. The van der Waals surface area contributed by atoms with Crippen LogP contribution in [-0.4, -0.2) is 10.6 Å². The normalized spacial score (nSPS) is 12.9. The number of aromatic nitrogens is 1. The molecule has 2 heterocycles. The van der Waals surface area contributed by atoms with Gasteiger partial charge in [-0.25, -0.2) is 0 Å². The van der Waals surface area contributed by atoms with E-state index in [1.807, 2.05) is 0 Å². The maximum atomic E-state index is 6.14. The first-order valence-electron chi connectivity index (χ1n) is 7.11. The molecule has 1 unspecified atom stereocenters.